The summed E-state index contributed by atoms with van der Waals surface area (Å²) >= 11 is 0. The minimum absolute atomic E-state index is 0.594. The van der Waals surface area contributed by atoms with Crippen LogP contribution in [0.4, 0.5) is 11.4 Å². The molecule has 0 radical (unpaired) electrons. The average molecular weight is 329 g/mol. The summed E-state index contributed by atoms with van der Waals surface area (Å²) in [6.07, 6.45) is 14.6. The summed E-state index contributed by atoms with van der Waals surface area (Å²) in [6, 6.07) is 8.04. The van der Waals surface area contributed by atoms with Gasteiger partial charge in [-0.1, -0.05) is 44.8 Å². The van der Waals surface area contributed by atoms with Crippen molar-refractivity contribution >= 4 is 11.4 Å². The third-order valence-electron chi connectivity index (χ3n) is 3.63. The predicted octanol–water partition coefficient (Wildman–Crippen LogP) is 5.47. The van der Waals surface area contributed by atoms with Gasteiger partial charge in [0, 0.05) is 26.3 Å². The number of unbranched alkanes of at least 4 members (excludes halogenated alkanes) is 4. The van der Waals surface area contributed by atoms with Crippen LogP contribution >= 0.6 is 0 Å². The van der Waals surface area contributed by atoms with Gasteiger partial charge in [0.25, 0.3) is 0 Å². The maximum absolute atomic E-state index is 4.20. The molecule has 0 saturated carbocycles. The van der Waals surface area contributed by atoms with Crippen LogP contribution in [0, 0.1) is 0 Å². The second-order valence-electron chi connectivity index (χ2n) is 5.99. The zero-order chi connectivity index (χ0) is 17.5. The average Bonchev–Trinajstić information content (AvgIpc) is 2.59. The molecule has 1 aromatic rings. The Balaban J connectivity index is 2.11. The fourth-order valence-corrected chi connectivity index (χ4v) is 2.16. The van der Waals surface area contributed by atoms with Crippen LogP contribution in [0.3, 0.4) is 0 Å². The standard InChI is InChI=1S/C20H32N4/c1-4-5-6-7-9-16-21-17-10-8-11-18-22-23-19-12-14-20(15-13-19)24(2)3/h8,10-15,17,21H,4-7,9,16,18H2,1-3H3/b11-8-,17-10-,23-22?. The van der Waals surface area contributed by atoms with E-state index in [4.69, 9.17) is 0 Å². The molecule has 0 aliphatic rings. The minimum atomic E-state index is 0.594. The van der Waals surface area contributed by atoms with E-state index >= 15 is 0 Å². The second kappa shape index (κ2) is 13.3. The van der Waals surface area contributed by atoms with Crippen molar-refractivity contribution in [3.63, 3.8) is 0 Å². The largest absolute Gasteiger partial charge is 0.391 e. The first-order valence-corrected chi connectivity index (χ1v) is 8.94. The molecule has 0 heterocycles. The van der Waals surface area contributed by atoms with Gasteiger partial charge >= 0.3 is 0 Å². The quantitative estimate of drug-likeness (QED) is 0.314. The van der Waals surface area contributed by atoms with Crippen molar-refractivity contribution in [3.05, 3.63) is 48.7 Å². The smallest absolute Gasteiger partial charge is 0.0854 e. The van der Waals surface area contributed by atoms with E-state index in [1.54, 1.807) is 0 Å². The molecule has 0 unspecified atom stereocenters. The number of benzene rings is 1. The molecule has 24 heavy (non-hydrogen) atoms. The van der Waals surface area contributed by atoms with Gasteiger partial charge in [-0.05, 0) is 43.0 Å². The first-order chi connectivity index (χ1) is 11.7. The zero-order valence-electron chi connectivity index (χ0n) is 15.4. The van der Waals surface area contributed by atoms with E-state index in [1.165, 1.54) is 32.1 Å². The van der Waals surface area contributed by atoms with E-state index in [-0.39, 0.29) is 0 Å². The highest BCUT2D eigenvalue weighted by Crippen LogP contribution is 2.18. The van der Waals surface area contributed by atoms with Crippen molar-refractivity contribution in [2.45, 2.75) is 39.0 Å². The lowest BCUT2D eigenvalue weighted by Crippen LogP contribution is -2.07. The van der Waals surface area contributed by atoms with Gasteiger partial charge in [-0.2, -0.15) is 10.2 Å². The maximum atomic E-state index is 4.20. The lowest BCUT2D eigenvalue weighted by Gasteiger charge is -2.11. The molecule has 0 amide bonds. The van der Waals surface area contributed by atoms with Gasteiger partial charge in [0.1, 0.15) is 0 Å². The number of nitrogens with one attached hydrogen (secondary N) is 1. The first kappa shape index (κ1) is 19.9. The van der Waals surface area contributed by atoms with Gasteiger partial charge in [-0.3, -0.25) is 0 Å². The normalized spacial score (nSPS) is 11.8. The molecule has 0 aliphatic carbocycles. The molecule has 4 heteroatoms. The number of hydrogen-bond donors (Lipinski definition) is 1. The SMILES string of the molecule is CCCCCCCN/C=C\C=C/CN=Nc1ccc(N(C)C)cc1. The Hall–Kier alpha value is -2.10. The first-order valence-electron chi connectivity index (χ1n) is 8.94. The summed E-state index contributed by atoms with van der Waals surface area (Å²) in [4.78, 5) is 2.06. The molecule has 0 aliphatic heterocycles. The summed E-state index contributed by atoms with van der Waals surface area (Å²) in [5, 5.41) is 11.7. The monoisotopic (exact) mass is 328 g/mol. The fourth-order valence-electron chi connectivity index (χ4n) is 2.16. The Bertz CT molecular complexity index is 501. The van der Waals surface area contributed by atoms with Gasteiger partial charge < -0.3 is 10.2 Å². The molecule has 1 rings (SSSR count). The van der Waals surface area contributed by atoms with E-state index < -0.39 is 0 Å². The van der Waals surface area contributed by atoms with Gasteiger partial charge in [-0.25, -0.2) is 0 Å². The van der Waals surface area contributed by atoms with E-state index in [9.17, 15) is 0 Å². The van der Waals surface area contributed by atoms with Crippen LogP contribution in [0.2, 0.25) is 0 Å². The molecule has 0 fully saturated rings. The Morgan fingerprint density at radius 2 is 1.75 bits per heavy atom. The van der Waals surface area contributed by atoms with Crippen LogP contribution < -0.4 is 10.2 Å². The van der Waals surface area contributed by atoms with E-state index in [0.717, 1.165) is 17.9 Å². The van der Waals surface area contributed by atoms with Crippen LogP contribution in [0.5, 0.6) is 0 Å². The van der Waals surface area contributed by atoms with Gasteiger partial charge in [0.2, 0.25) is 0 Å². The van der Waals surface area contributed by atoms with E-state index in [1.807, 2.05) is 62.8 Å². The molecule has 0 spiro atoms. The van der Waals surface area contributed by atoms with Crippen molar-refractivity contribution in [1.82, 2.24) is 5.32 Å². The summed E-state index contributed by atoms with van der Waals surface area (Å²) < 4.78 is 0. The molecule has 0 bridgehead atoms. The topological polar surface area (TPSA) is 40.0 Å². The maximum Gasteiger partial charge on any atom is 0.0854 e. The molecular weight excluding hydrogens is 296 g/mol. The third-order valence-corrected chi connectivity index (χ3v) is 3.63. The summed E-state index contributed by atoms with van der Waals surface area (Å²) in [7, 11) is 4.05. The van der Waals surface area contributed by atoms with E-state index in [0.29, 0.717) is 6.54 Å². The number of hydrogen-bond acceptors (Lipinski definition) is 4. The van der Waals surface area contributed by atoms with E-state index in [2.05, 4.69) is 27.4 Å². The minimum Gasteiger partial charge on any atom is -0.391 e. The highest BCUT2D eigenvalue weighted by Gasteiger charge is 1.94. The highest BCUT2D eigenvalue weighted by molar-refractivity contribution is 5.51. The van der Waals surface area contributed by atoms with Crippen LogP contribution in [0.15, 0.2) is 58.9 Å². The summed E-state index contributed by atoms with van der Waals surface area (Å²) in [5.41, 5.74) is 2.05. The number of allylic oxidation sites excluding steroid dienone is 2. The zero-order valence-corrected chi connectivity index (χ0v) is 15.4. The van der Waals surface area contributed by atoms with Gasteiger partial charge in [-0.15, -0.1) is 0 Å². The van der Waals surface area contributed by atoms with Crippen molar-refractivity contribution < 1.29 is 0 Å². The molecule has 0 aromatic heterocycles. The lowest BCUT2D eigenvalue weighted by molar-refractivity contribution is 0.618. The highest BCUT2D eigenvalue weighted by atomic mass is 15.1. The molecule has 1 N–H and O–H groups in total. The number of nitrogens with zero attached hydrogens (tertiary/aromatic N) is 3. The van der Waals surface area contributed by atoms with Crippen molar-refractivity contribution in [3.8, 4) is 0 Å². The number of azo groups is 1. The molecule has 0 saturated heterocycles. The number of rotatable bonds is 12. The van der Waals surface area contributed by atoms with Crippen LogP contribution in [0.25, 0.3) is 0 Å². The Morgan fingerprint density at radius 3 is 2.46 bits per heavy atom. The summed E-state index contributed by atoms with van der Waals surface area (Å²) in [6.45, 7) is 3.89. The number of anilines is 1. The summed E-state index contributed by atoms with van der Waals surface area (Å²) in [5.74, 6) is 0. The van der Waals surface area contributed by atoms with Crippen LogP contribution in [-0.2, 0) is 0 Å². The predicted molar refractivity (Wildman–Crippen MR) is 105 cm³/mol. The van der Waals surface area contributed by atoms with Crippen molar-refractivity contribution in [1.29, 1.82) is 0 Å². The second-order valence-corrected chi connectivity index (χ2v) is 5.99. The molecule has 4 nitrogen and oxygen atoms in total. The molecule has 0 atom stereocenters. The Kier molecular flexibility index (Phi) is 11.1. The Labute approximate surface area is 147 Å². The van der Waals surface area contributed by atoms with Gasteiger partial charge in [0.15, 0.2) is 0 Å². The Morgan fingerprint density at radius 1 is 1.00 bits per heavy atom. The van der Waals surface area contributed by atoms with Crippen LogP contribution in [-0.4, -0.2) is 27.2 Å². The van der Waals surface area contributed by atoms with Gasteiger partial charge in [0.05, 0.1) is 12.2 Å². The van der Waals surface area contributed by atoms with Crippen LogP contribution in [0.1, 0.15) is 39.0 Å². The molecule has 132 valence electrons. The van der Waals surface area contributed by atoms with Crippen molar-refractivity contribution in [2.24, 2.45) is 10.2 Å². The lowest BCUT2D eigenvalue weighted by atomic mass is 10.1. The fraction of sp³-hybridized carbons (Fsp3) is 0.500. The third kappa shape index (κ3) is 9.82. The molecular formula is C20H32N4. The van der Waals surface area contributed by atoms with Crippen molar-refractivity contribution in [2.75, 3.05) is 32.1 Å². The molecule has 1 aromatic carbocycles.